The molecule has 0 nitrogen and oxygen atoms in total. The van der Waals surface area contributed by atoms with Gasteiger partial charge in [0.05, 0.1) is 42.2 Å². The van der Waals surface area contributed by atoms with Gasteiger partial charge in [-0.3, -0.25) is 0 Å². The first-order valence-electron chi connectivity index (χ1n) is 16.7. The number of thiophene rings is 6. The summed E-state index contributed by atoms with van der Waals surface area (Å²) in [5.41, 5.74) is 4.66. The Kier molecular flexibility index (Phi) is 20.0. The van der Waals surface area contributed by atoms with Gasteiger partial charge in [0, 0.05) is 14.6 Å². The van der Waals surface area contributed by atoms with E-state index >= 15 is 0 Å². The molecule has 6 aromatic heterocycles. The van der Waals surface area contributed by atoms with Gasteiger partial charge >= 0.3 is 33.3 Å². The summed E-state index contributed by atoms with van der Waals surface area (Å²) in [6, 6.07) is 0. The van der Waals surface area contributed by atoms with Gasteiger partial charge in [-0.05, 0) is 119 Å². The van der Waals surface area contributed by atoms with E-state index in [2.05, 4.69) is 110 Å². The van der Waals surface area contributed by atoms with Crippen molar-refractivity contribution in [3.05, 3.63) is 51.6 Å². The molecule has 0 spiro atoms. The zero-order valence-electron chi connectivity index (χ0n) is 27.6. The van der Waals surface area contributed by atoms with Crippen molar-refractivity contribution in [2.24, 2.45) is 0 Å². The fourth-order valence-electron chi connectivity index (χ4n) is 5.67. The number of aryl methyl sites for hydroxylation is 3. The Morgan fingerprint density at radius 1 is 0.479 bits per heavy atom. The van der Waals surface area contributed by atoms with Crippen LogP contribution in [0.25, 0.3) is 38.0 Å². The average Bonchev–Trinajstić information content (AvgIpc) is 3.92. The molecular formula is C36H43Br3Cl2CuS6. The van der Waals surface area contributed by atoms with Crippen LogP contribution in [0, 0.1) is 0 Å². The van der Waals surface area contributed by atoms with Gasteiger partial charge in [-0.2, -0.15) is 0 Å². The van der Waals surface area contributed by atoms with Crippen LogP contribution in [0.2, 0.25) is 0 Å². The Labute approximate surface area is 351 Å². The molecule has 12 heteroatoms. The Balaban J connectivity index is 0.000000241. The van der Waals surface area contributed by atoms with Gasteiger partial charge < -0.3 is 0 Å². The maximum atomic E-state index is 4.67. The quantitative estimate of drug-likeness (QED) is 0.0669. The van der Waals surface area contributed by atoms with E-state index in [4.69, 9.17) is 0 Å². The molecule has 0 aliphatic rings. The van der Waals surface area contributed by atoms with Crippen LogP contribution >= 0.6 is 136 Å². The van der Waals surface area contributed by atoms with Crippen LogP contribution < -0.4 is 0 Å². The molecular weight excluding hydrogens is 999 g/mol. The summed E-state index contributed by atoms with van der Waals surface area (Å²) in [4.78, 5) is 2.81. The van der Waals surface area contributed by atoms with Crippen molar-refractivity contribution in [3.8, 4) is 9.75 Å². The zero-order valence-corrected chi connectivity index (χ0v) is 39.7. The molecule has 0 unspecified atom stereocenters. The Morgan fingerprint density at radius 3 is 1.23 bits per heavy atom. The van der Waals surface area contributed by atoms with Crippen molar-refractivity contribution in [2.75, 3.05) is 0 Å². The van der Waals surface area contributed by atoms with Gasteiger partial charge in [0.15, 0.2) is 0 Å². The van der Waals surface area contributed by atoms with Crippen LogP contribution in [0.5, 0.6) is 0 Å². The monoisotopic (exact) mass is 1040 g/mol. The third-order valence-electron chi connectivity index (χ3n) is 8.26. The van der Waals surface area contributed by atoms with Gasteiger partial charge in [0.25, 0.3) is 0 Å². The molecule has 0 saturated heterocycles. The minimum absolute atomic E-state index is 0.757. The molecule has 6 aromatic rings. The van der Waals surface area contributed by atoms with Gasteiger partial charge in [-0.25, -0.2) is 0 Å². The Bertz CT molecular complexity index is 1720. The first-order chi connectivity index (χ1) is 23.4. The molecule has 6 heterocycles. The molecule has 0 fully saturated rings. The van der Waals surface area contributed by atoms with Crippen LogP contribution in [-0.4, -0.2) is 0 Å². The van der Waals surface area contributed by atoms with Crippen molar-refractivity contribution in [1.82, 2.24) is 0 Å². The number of hydrogen-bond donors (Lipinski definition) is 0. The SMILES string of the molecule is CCCCCCc1csc2c(Br)c(-c3sc4c(CCCCCC)csc4c3Br)sc12.CCCCCCc1csc2c(Br)csc12.[Cl][Cu][Cl]. The zero-order chi connectivity index (χ0) is 34.5. The first-order valence-corrected chi connectivity index (χ1v) is 26.8. The van der Waals surface area contributed by atoms with E-state index in [0.29, 0.717) is 0 Å². The fourth-order valence-corrected chi connectivity index (χ4v) is 16.2. The van der Waals surface area contributed by atoms with Crippen LogP contribution in [0.3, 0.4) is 0 Å². The van der Waals surface area contributed by atoms with Crippen molar-refractivity contribution in [3.63, 3.8) is 0 Å². The summed E-state index contributed by atoms with van der Waals surface area (Å²) in [6.07, 6.45) is 19.7. The fraction of sp³-hybridized carbons (Fsp3) is 0.500. The molecule has 0 N–H and O–H groups in total. The van der Waals surface area contributed by atoms with Crippen molar-refractivity contribution in [1.29, 1.82) is 0 Å². The van der Waals surface area contributed by atoms with E-state index in [9.17, 15) is 0 Å². The second-order valence-electron chi connectivity index (χ2n) is 11.8. The van der Waals surface area contributed by atoms with Crippen LogP contribution in [0.4, 0.5) is 0 Å². The third kappa shape index (κ3) is 11.3. The normalized spacial score (nSPS) is 11.5. The molecule has 0 amide bonds. The van der Waals surface area contributed by atoms with E-state index in [1.807, 2.05) is 68.0 Å². The van der Waals surface area contributed by atoms with Crippen molar-refractivity contribution >= 4 is 164 Å². The predicted octanol–water partition coefficient (Wildman–Crippen LogP) is 18.9. The molecule has 0 aliphatic heterocycles. The number of hydrogen-bond acceptors (Lipinski definition) is 6. The van der Waals surface area contributed by atoms with Crippen LogP contribution in [0.1, 0.15) is 115 Å². The first kappa shape index (κ1) is 42.3. The molecule has 0 atom stereocenters. The van der Waals surface area contributed by atoms with Gasteiger partial charge in [-0.15, -0.1) is 68.0 Å². The number of halogens is 5. The summed E-state index contributed by atoms with van der Waals surface area (Å²) in [6.45, 7) is 6.83. The molecule has 269 valence electrons. The molecule has 48 heavy (non-hydrogen) atoms. The standard InChI is InChI=1S/C24H28Br2S4.C12H15BrS2.2ClH.Cu/c1-3-5-7-9-11-15-13-27-21-17(25)23(29-19(15)21)24-18(26)22-20(30-24)16(14-28-22)12-10-8-6-4-2;1-2-3-4-5-6-9-7-14-12-10(13)8-15-11(9)12;;;/h13-14H,3-12H2,1-2H3;7-8H,2-6H2,1H3;2*1H;/q;;;;+2/p-2. The predicted molar refractivity (Wildman–Crippen MR) is 236 cm³/mol. The number of rotatable bonds is 16. The molecule has 0 radical (unpaired) electrons. The molecule has 0 saturated carbocycles. The van der Waals surface area contributed by atoms with Crippen molar-refractivity contribution in [2.45, 2.75) is 117 Å². The number of fused-ring (bicyclic) bond motifs is 3. The molecule has 0 bridgehead atoms. The maximum absolute atomic E-state index is 4.67. The second kappa shape index (κ2) is 22.7. The van der Waals surface area contributed by atoms with E-state index in [1.54, 1.807) is 16.7 Å². The summed E-state index contributed by atoms with van der Waals surface area (Å²) in [7, 11) is 9.34. The molecule has 0 aliphatic carbocycles. The summed E-state index contributed by atoms with van der Waals surface area (Å²) >= 11 is 23.8. The van der Waals surface area contributed by atoms with E-state index in [0.717, 1.165) is 13.1 Å². The summed E-state index contributed by atoms with van der Waals surface area (Å²) in [5.74, 6) is 0. The van der Waals surface area contributed by atoms with Crippen LogP contribution in [0.15, 0.2) is 34.9 Å². The molecule has 0 aromatic carbocycles. The van der Waals surface area contributed by atoms with Gasteiger partial charge in [-0.1, -0.05) is 78.6 Å². The van der Waals surface area contributed by atoms with Crippen molar-refractivity contribution < 1.29 is 13.1 Å². The van der Waals surface area contributed by atoms with Gasteiger partial charge in [0.2, 0.25) is 0 Å². The van der Waals surface area contributed by atoms with E-state index in [1.165, 1.54) is 148 Å². The topological polar surface area (TPSA) is 0 Å². The van der Waals surface area contributed by atoms with Crippen LogP contribution in [-0.2, 0) is 32.4 Å². The average molecular weight is 1040 g/mol. The summed E-state index contributed by atoms with van der Waals surface area (Å²) in [5, 5.41) is 9.31. The third-order valence-corrected chi connectivity index (χ3v) is 19.4. The Morgan fingerprint density at radius 2 is 0.833 bits per heavy atom. The second-order valence-corrected chi connectivity index (χ2v) is 21.4. The van der Waals surface area contributed by atoms with Gasteiger partial charge in [0.1, 0.15) is 0 Å². The minimum atomic E-state index is 0.757. The van der Waals surface area contributed by atoms with E-state index < -0.39 is 0 Å². The summed E-state index contributed by atoms with van der Waals surface area (Å²) < 4.78 is 12.7. The number of unbranched alkanes of at least 4 members (excludes halogenated alkanes) is 9. The molecule has 6 rings (SSSR count). The Hall–Kier alpha value is 1.52. The van der Waals surface area contributed by atoms with E-state index in [-0.39, 0.29) is 0 Å².